The van der Waals surface area contributed by atoms with Gasteiger partial charge in [-0.15, -0.1) is 0 Å². The van der Waals surface area contributed by atoms with Crippen LogP contribution in [-0.4, -0.2) is 43.1 Å². The number of hydrogen-bond donors (Lipinski definition) is 1. The molecule has 0 atom stereocenters. The molecule has 4 rings (SSSR count). The van der Waals surface area contributed by atoms with Gasteiger partial charge >= 0.3 is 0 Å². The number of piperazine rings is 1. The normalized spacial score (nSPS) is 15.2. The Kier molecular flexibility index (Phi) is 5.23. The summed E-state index contributed by atoms with van der Waals surface area (Å²) in [5, 5.41) is 4.90. The van der Waals surface area contributed by atoms with Crippen LogP contribution in [0.4, 0.5) is 17.1 Å². The molecule has 2 heterocycles. The van der Waals surface area contributed by atoms with E-state index >= 15 is 0 Å². The van der Waals surface area contributed by atoms with Crippen LogP contribution in [0.2, 0.25) is 0 Å². The minimum absolute atomic E-state index is 0.963. The molecule has 0 unspecified atom stereocenters. The summed E-state index contributed by atoms with van der Waals surface area (Å²) in [6.45, 7) is 10.9. The predicted molar refractivity (Wildman–Crippen MR) is 120 cm³/mol. The van der Waals surface area contributed by atoms with Crippen molar-refractivity contribution in [1.29, 1.82) is 0 Å². The number of benzene rings is 2. The smallest absolute Gasteiger partial charge is 0.0726 e. The minimum atomic E-state index is 0.963. The highest BCUT2D eigenvalue weighted by Gasteiger charge is 2.15. The highest BCUT2D eigenvalue weighted by molar-refractivity contribution is 5.95. The molecule has 4 heteroatoms. The molecule has 0 saturated carbocycles. The average molecular weight is 375 g/mol. The van der Waals surface area contributed by atoms with Gasteiger partial charge in [0.2, 0.25) is 0 Å². The lowest BCUT2D eigenvalue weighted by Gasteiger charge is -2.34. The maximum absolute atomic E-state index is 4.82. The molecule has 1 aliphatic rings. The number of nitrogens with one attached hydrogen (secondary N) is 1. The molecule has 0 amide bonds. The standard InChI is InChI=1S/C24H30N4/c1-5-21-18(3)25-23-11-6-17(2)16-22(23)24(21)26-19-7-9-20(10-8-19)28-14-12-27(4)13-15-28/h6-11,16H,5,12-15H2,1-4H3,(H,25,26). The fourth-order valence-electron chi connectivity index (χ4n) is 4.08. The summed E-state index contributed by atoms with van der Waals surface area (Å²) < 4.78 is 0. The quantitative estimate of drug-likeness (QED) is 0.703. The van der Waals surface area contributed by atoms with Crippen molar-refractivity contribution < 1.29 is 0 Å². The zero-order valence-electron chi connectivity index (χ0n) is 17.4. The molecule has 1 fully saturated rings. The van der Waals surface area contributed by atoms with Gasteiger partial charge in [0.15, 0.2) is 0 Å². The summed E-state index contributed by atoms with van der Waals surface area (Å²) in [6.07, 6.45) is 0.963. The molecule has 2 aromatic carbocycles. The van der Waals surface area contributed by atoms with E-state index < -0.39 is 0 Å². The maximum Gasteiger partial charge on any atom is 0.0726 e. The molecule has 0 aliphatic carbocycles. The summed E-state index contributed by atoms with van der Waals surface area (Å²) in [4.78, 5) is 9.68. The van der Waals surface area contributed by atoms with Crippen molar-refractivity contribution in [3.63, 3.8) is 0 Å². The van der Waals surface area contributed by atoms with Gasteiger partial charge in [0.1, 0.15) is 0 Å². The maximum atomic E-state index is 4.82. The molecule has 0 spiro atoms. The number of anilines is 3. The van der Waals surface area contributed by atoms with Gasteiger partial charge in [-0.3, -0.25) is 4.98 Å². The lowest BCUT2D eigenvalue weighted by molar-refractivity contribution is 0.313. The Bertz CT molecular complexity index is 970. The van der Waals surface area contributed by atoms with Crippen molar-refractivity contribution in [2.75, 3.05) is 43.4 Å². The van der Waals surface area contributed by atoms with E-state index in [0.29, 0.717) is 0 Å². The number of hydrogen-bond acceptors (Lipinski definition) is 4. The first-order chi connectivity index (χ1) is 13.5. The van der Waals surface area contributed by atoms with Crippen molar-refractivity contribution in [3.8, 4) is 0 Å². The molecule has 1 saturated heterocycles. The van der Waals surface area contributed by atoms with E-state index in [1.807, 2.05) is 0 Å². The lowest BCUT2D eigenvalue weighted by Crippen LogP contribution is -2.44. The van der Waals surface area contributed by atoms with Crippen molar-refractivity contribution in [2.45, 2.75) is 27.2 Å². The first kappa shape index (κ1) is 18.8. The van der Waals surface area contributed by atoms with E-state index in [1.165, 1.54) is 27.9 Å². The van der Waals surface area contributed by atoms with Crippen molar-refractivity contribution in [3.05, 3.63) is 59.3 Å². The molecular formula is C24H30N4. The van der Waals surface area contributed by atoms with Gasteiger partial charge in [-0.1, -0.05) is 18.6 Å². The van der Waals surface area contributed by atoms with E-state index in [1.54, 1.807) is 0 Å². The second-order valence-corrected chi connectivity index (χ2v) is 7.89. The molecule has 1 N–H and O–H groups in total. The monoisotopic (exact) mass is 374 g/mol. The van der Waals surface area contributed by atoms with Crippen LogP contribution >= 0.6 is 0 Å². The number of nitrogens with zero attached hydrogens (tertiary/aromatic N) is 3. The van der Waals surface area contributed by atoms with E-state index in [2.05, 4.69) is 85.4 Å². The van der Waals surface area contributed by atoms with Gasteiger partial charge < -0.3 is 15.1 Å². The van der Waals surface area contributed by atoms with Crippen LogP contribution in [-0.2, 0) is 6.42 Å². The van der Waals surface area contributed by atoms with Gasteiger partial charge in [0, 0.05) is 48.6 Å². The molecule has 146 valence electrons. The number of pyridine rings is 1. The summed E-state index contributed by atoms with van der Waals surface area (Å²) in [7, 11) is 2.19. The fourth-order valence-corrected chi connectivity index (χ4v) is 4.08. The van der Waals surface area contributed by atoms with Gasteiger partial charge in [-0.05, 0) is 69.3 Å². The first-order valence-corrected chi connectivity index (χ1v) is 10.3. The third kappa shape index (κ3) is 3.69. The Morgan fingerprint density at radius 2 is 1.68 bits per heavy atom. The van der Waals surface area contributed by atoms with E-state index in [-0.39, 0.29) is 0 Å². The summed E-state index contributed by atoms with van der Waals surface area (Å²) >= 11 is 0. The van der Waals surface area contributed by atoms with Crippen LogP contribution in [0, 0.1) is 13.8 Å². The Labute approximate surface area is 168 Å². The number of likely N-dealkylation sites (N-methyl/N-ethyl adjacent to an activating group) is 1. The summed E-state index contributed by atoms with van der Waals surface area (Å²) in [5.74, 6) is 0. The van der Waals surface area contributed by atoms with E-state index in [9.17, 15) is 0 Å². The highest BCUT2D eigenvalue weighted by atomic mass is 15.2. The van der Waals surface area contributed by atoms with Crippen LogP contribution in [0.15, 0.2) is 42.5 Å². The molecular weight excluding hydrogens is 344 g/mol. The second kappa shape index (κ2) is 7.80. The fraction of sp³-hybridized carbons (Fsp3) is 0.375. The Hall–Kier alpha value is -2.59. The topological polar surface area (TPSA) is 31.4 Å². The molecule has 1 aliphatic heterocycles. The highest BCUT2D eigenvalue weighted by Crippen LogP contribution is 2.32. The third-order valence-electron chi connectivity index (χ3n) is 5.81. The summed E-state index contributed by atoms with van der Waals surface area (Å²) in [5.41, 5.74) is 8.34. The van der Waals surface area contributed by atoms with Crippen LogP contribution in [0.3, 0.4) is 0 Å². The Morgan fingerprint density at radius 3 is 2.36 bits per heavy atom. The Balaban J connectivity index is 1.65. The van der Waals surface area contributed by atoms with Crippen LogP contribution in [0.25, 0.3) is 10.9 Å². The number of fused-ring (bicyclic) bond motifs is 1. The predicted octanol–water partition coefficient (Wildman–Crippen LogP) is 4.91. The SMILES string of the molecule is CCc1c(C)nc2ccc(C)cc2c1Nc1ccc(N2CCN(C)CC2)cc1. The van der Waals surface area contributed by atoms with Crippen LogP contribution in [0.1, 0.15) is 23.7 Å². The average Bonchev–Trinajstić information content (AvgIpc) is 2.70. The molecule has 4 nitrogen and oxygen atoms in total. The van der Waals surface area contributed by atoms with E-state index in [4.69, 9.17) is 4.98 Å². The third-order valence-corrected chi connectivity index (χ3v) is 5.81. The molecule has 0 radical (unpaired) electrons. The molecule has 3 aromatic rings. The van der Waals surface area contributed by atoms with Crippen molar-refractivity contribution >= 4 is 28.0 Å². The largest absolute Gasteiger partial charge is 0.369 e. The molecule has 1 aromatic heterocycles. The van der Waals surface area contributed by atoms with Gasteiger partial charge in [-0.2, -0.15) is 0 Å². The molecule has 28 heavy (non-hydrogen) atoms. The number of aryl methyl sites for hydroxylation is 2. The first-order valence-electron chi connectivity index (χ1n) is 10.3. The number of aromatic nitrogens is 1. The van der Waals surface area contributed by atoms with Gasteiger partial charge in [-0.25, -0.2) is 0 Å². The summed E-state index contributed by atoms with van der Waals surface area (Å²) in [6, 6.07) is 15.4. The van der Waals surface area contributed by atoms with Crippen molar-refractivity contribution in [2.24, 2.45) is 0 Å². The van der Waals surface area contributed by atoms with Gasteiger partial charge in [0.25, 0.3) is 0 Å². The zero-order chi connectivity index (χ0) is 19.7. The Morgan fingerprint density at radius 1 is 0.964 bits per heavy atom. The number of rotatable bonds is 4. The van der Waals surface area contributed by atoms with Crippen LogP contribution < -0.4 is 10.2 Å². The van der Waals surface area contributed by atoms with Crippen molar-refractivity contribution in [1.82, 2.24) is 9.88 Å². The van der Waals surface area contributed by atoms with E-state index in [0.717, 1.165) is 49.5 Å². The minimum Gasteiger partial charge on any atom is -0.369 e. The molecule has 0 bridgehead atoms. The van der Waals surface area contributed by atoms with Gasteiger partial charge in [0.05, 0.1) is 11.2 Å². The van der Waals surface area contributed by atoms with Crippen LogP contribution in [0.5, 0.6) is 0 Å². The second-order valence-electron chi connectivity index (χ2n) is 7.89. The zero-order valence-corrected chi connectivity index (χ0v) is 17.4. The lowest BCUT2D eigenvalue weighted by atomic mass is 10.0.